The number of imidazole rings is 1. The van der Waals surface area contributed by atoms with E-state index >= 15 is 0 Å². The summed E-state index contributed by atoms with van der Waals surface area (Å²) in [5.41, 5.74) is 2.82. The van der Waals surface area contributed by atoms with Gasteiger partial charge in [-0.2, -0.15) is 0 Å². The number of aromatic nitrogens is 4. The quantitative estimate of drug-likeness (QED) is 0.500. The number of piperidine rings is 1. The van der Waals surface area contributed by atoms with Gasteiger partial charge in [0, 0.05) is 24.7 Å². The van der Waals surface area contributed by atoms with Crippen LogP contribution in [0, 0.1) is 0 Å². The summed E-state index contributed by atoms with van der Waals surface area (Å²) in [6, 6.07) is 3.56. The monoisotopic (exact) mass is 492 g/mol. The Morgan fingerprint density at radius 2 is 1.97 bits per heavy atom. The molecule has 0 aliphatic carbocycles. The number of halogens is 2. The maximum Gasteiger partial charge on any atom is 0.251 e. The van der Waals surface area contributed by atoms with Crippen molar-refractivity contribution in [3.63, 3.8) is 0 Å². The molecule has 9 nitrogen and oxygen atoms in total. The Kier molecular flexibility index (Phi) is 6.76. The van der Waals surface area contributed by atoms with E-state index in [1.807, 2.05) is 10.6 Å². The topological polar surface area (TPSA) is 116 Å². The van der Waals surface area contributed by atoms with Gasteiger partial charge in [0.25, 0.3) is 5.91 Å². The van der Waals surface area contributed by atoms with Crippen molar-refractivity contribution in [2.75, 3.05) is 18.4 Å². The van der Waals surface area contributed by atoms with Crippen molar-refractivity contribution < 1.29 is 15.0 Å². The maximum absolute atomic E-state index is 12.0. The van der Waals surface area contributed by atoms with Gasteiger partial charge < -0.3 is 25.0 Å². The van der Waals surface area contributed by atoms with E-state index in [0.29, 0.717) is 40.2 Å². The summed E-state index contributed by atoms with van der Waals surface area (Å²) in [5, 5.41) is 24.1. The molecule has 4 rings (SSSR count). The summed E-state index contributed by atoms with van der Waals surface area (Å²) in [7, 11) is 0. The largest absolute Gasteiger partial charge is 0.389 e. The molecule has 0 bridgehead atoms. The predicted molar refractivity (Wildman–Crippen MR) is 127 cm³/mol. The van der Waals surface area contributed by atoms with Gasteiger partial charge in [0.05, 0.1) is 45.9 Å². The summed E-state index contributed by atoms with van der Waals surface area (Å²) >= 11 is 12.9. The summed E-state index contributed by atoms with van der Waals surface area (Å²) < 4.78 is 2.03. The van der Waals surface area contributed by atoms with Crippen LogP contribution in [-0.2, 0) is 4.79 Å². The van der Waals surface area contributed by atoms with Gasteiger partial charge in [0.2, 0.25) is 5.95 Å². The first-order valence-corrected chi connectivity index (χ1v) is 11.5. The van der Waals surface area contributed by atoms with Gasteiger partial charge in [-0.25, -0.2) is 15.0 Å². The number of rotatable bonds is 5. The van der Waals surface area contributed by atoms with E-state index in [9.17, 15) is 15.0 Å². The number of carbonyl (C=O) groups excluding carboxylic acids is 1. The second-order valence-corrected chi connectivity index (χ2v) is 9.34. The molecule has 0 spiro atoms. The minimum absolute atomic E-state index is 0.118. The number of β-amino-alcohol motifs (C(OH)–C–C–N with tert-alkyl or cyclic N) is 1. The molecule has 1 fully saturated rings. The first-order valence-electron chi connectivity index (χ1n) is 10.8. The van der Waals surface area contributed by atoms with Gasteiger partial charge >= 0.3 is 0 Å². The molecule has 1 aromatic carbocycles. The molecule has 11 heteroatoms. The molecule has 0 unspecified atom stereocenters. The molecular formula is C22H26Cl2N6O3. The number of hydrogen-bond donors (Lipinski definition) is 3. The average molecular weight is 493 g/mol. The number of aliphatic hydroxyl groups is 2. The molecular weight excluding hydrogens is 467 g/mol. The second kappa shape index (κ2) is 9.42. The summed E-state index contributed by atoms with van der Waals surface area (Å²) in [4.78, 5) is 26.7. The van der Waals surface area contributed by atoms with Crippen LogP contribution >= 0.6 is 23.2 Å². The number of fused-ring (bicyclic) bond motifs is 1. The molecule has 3 atom stereocenters. The Hall–Kier alpha value is -2.46. The number of anilines is 1. The highest BCUT2D eigenvalue weighted by molar-refractivity contribution is 6.36. The van der Waals surface area contributed by atoms with Crippen LogP contribution in [0.3, 0.4) is 0 Å². The lowest BCUT2D eigenvalue weighted by Gasteiger charge is -2.36. The standard InChI is InChI=1S/C22H26Cl2N6O3/c1-11(2)30-10-26-20-14(23)6-13(7-17(20)30)19-15(24)8-25-22(28-19)27-16-4-5-29(9-18(16)32)21(33)12(3)31/h6-8,10-12,16,18,31-32H,4-5,9H2,1-3H3,(H,25,27,28)/t12-,16-,18-/m1/s1. The van der Waals surface area contributed by atoms with Crippen LogP contribution in [0.2, 0.25) is 10.0 Å². The summed E-state index contributed by atoms with van der Waals surface area (Å²) in [6.45, 7) is 6.07. The highest BCUT2D eigenvalue weighted by Gasteiger charge is 2.32. The zero-order valence-corrected chi connectivity index (χ0v) is 20.0. The number of aliphatic hydroxyl groups excluding tert-OH is 2. The lowest BCUT2D eigenvalue weighted by atomic mass is 10.0. The molecule has 3 heterocycles. The van der Waals surface area contributed by atoms with Gasteiger partial charge in [-0.15, -0.1) is 0 Å². The Balaban J connectivity index is 1.59. The van der Waals surface area contributed by atoms with Gasteiger partial charge in [-0.3, -0.25) is 4.79 Å². The van der Waals surface area contributed by atoms with Crippen molar-refractivity contribution in [3.8, 4) is 11.3 Å². The number of amides is 1. The molecule has 1 aliphatic heterocycles. The zero-order chi connectivity index (χ0) is 23.9. The van der Waals surface area contributed by atoms with E-state index in [-0.39, 0.29) is 18.6 Å². The first-order chi connectivity index (χ1) is 15.7. The third kappa shape index (κ3) is 4.77. The third-order valence-corrected chi connectivity index (χ3v) is 6.34. The highest BCUT2D eigenvalue weighted by atomic mass is 35.5. The normalized spacial score (nSPS) is 19.8. The van der Waals surface area contributed by atoms with E-state index in [1.54, 1.807) is 12.4 Å². The average Bonchev–Trinajstić information content (AvgIpc) is 3.20. The Labute approximate surface area is 201 Å². The number of hydrogen-bond acceptors (Lipinski definition) is 7. The molecule has 176 valence electrons. The van der Waals surface area contributed by atoms with Crippen LogP contribution in [0.1, 0.15) is 33.2 Å². The number of carbonyl (C=O) groups is 1. The van der Waals surface area contributed by atoms with Crippen LogP contribution in [-0.4, -0.2) is 71.9 Å². The smallest absolute Gasteiger partial charge is 0.251 e. The predicted octanol–water partition coefficient (Wildman–Crippen LogP) is 3.14. The van der Waals surface area contributed by atoms with Crippen molar-refractivity contribution in [2.24, 2.45) is 0 Å². The van der Waals surface area contributed by atoms with Crippen LogP contribution in [0.15, 0.2) is 24.7 Å². The molecule has 3 N–H and O–H groups in total. The molecule has 3 aromatic rings. The van der Waals surface area contributed by atoms with Crippen molar-refractivity contribution in [2.45, 2.75) is 51.5 Å². The van der Waals surface area contributed by atoms with Gasteiger partial charge in [0.1, 0.15) is 11.6 Å². The molecule has 0 saturated carbocycles. The number of nitrogens with zero attached hydrogens (tertiary/aromatic N) is 5. The van der Waals surface area contributed by atoms with E-state index in [1.165, 1.54) is 18.0 Å². The fourth-order valence-corrected chi connectivity index (χ4v) is 4.47. The van der Waals surface area contributed by atoms with E-state index in [0.717, 1.165) is 11.1 Å². The van der Waals surface area contributed by atoms with Crippen LogP contribution in [0.4, 0.5) is 5.95 Å². The summed E-state index contributed by atoms with van der Waals surface area (Å²) in [5.74, 6) is -0.0900. The van der Waals surface area contributed by atoms with Crippen LogP contribution in [0.5, 0.6) is 0 Å². The lowest BCUT2D eigenvalue weighted by Crippen LogP contribution is -2.53. The van der Waals surface area contributed by atoms with Crippen LogP contribution in [0.25, 0.3) is 22.3 Å². The number of benzene rings is 1. The Morgan fingerprint density at radius 3 is 2.64 bits per heavy atom. The molecule has 2 aromatic heterocycles. The van der Waals surface area contributed by atoms with Crippen molar-refractivity contribution >= 4 is 46.1 Å². The molecule has 1 aliphatic rings. The maximum atomic E-state index is 12.0. The zero-order valence-electron chi connectivity index (χ0n) is 18.5. The van der Waals surface area contributed by atoms with Gasteiger partial charge in [0.15, 0.2) is 0 Å². The highest BCUT2D eigenvalue weighted by Crippen LogP contribution is 2.34. The first kappa shape index (κ1) is 23.7. The molecule has 33 heavy (non-hydrogen) atoms. The van der Waals surface area contributed by atoms with E-state index < -0.39 is 18.1 Å². The van der Waals surface area contributed by atoms with Crippen LogP contribution < -0.4 is 5.32 Å². The van der Waals surface area contributed by atoms with E-state index in [2.05, 4.69) is 34.1 Å². The molecule has 1 amide bonds. The number of nitrogens with one attached hydrogen (secondary N) is 1. The SMILES string of the molecule is CC(C)n1cnc2c(Cl)cc(-c3nc(N[C@@H]4CCN(C(=O)[C@@H](C)O)C[C@H]4O)ncc3Cl)cc21. The second-order valence-electron chi connectivity index (χ2n) is 8.53. The fourth-order valence-electron chi connectivity index (χ4n) is 4.01. The summed E-state index contributed by atoms with van der Waals surface area (Å²) in [6.07, 6.45) is 1.81. The molecule has 1 saturated heterocycles. The van der Waals surface area contributed by atoms with Crippen molar-refractivity contribution in [1.29, 1.82) is 0 Å². The Morgan fingerprint density at radius 1 is 1.21 bits per heavy atom. The van der Waals surface area contributed by atoms with Gasteiger partial charge in [-0.05, 0) is 39.3 Å². The third-order valence-electron chi connectivity index (χ3n) is 5.77. The fraction of sp³-hybridized carbons (Fsp3) is 0.455. The number of likely N-dealkylation sites (tertiary alicyclic amines) is 1. The van der Waals surface area contributed by atoms with E-state index in [4.69, 9.17) is 23.2 Å². The van der Waals surface area contributed by atoms with Crippen molar-refractivity contribution in [1.82, 2.24) is 24.4 Å². The minimum Gasteiger partial charge on any atom is -0.389 e. The van der Waals surface area contributed by atoms with Gasteiger partial charge in [-0.1, -0.05) is 23.2 Å². The van der Waals surface area contributed by atoms with Crippen molar-refractivity contribution in [3.05, 3.63) is 34.7 Å². The minimum atomic E-state index is -1.10. The lowest BCUT2D eigenvalue weighted by molar-refractivity contribution is -0.142. The Bertz CT molecular complexity index is 1180. The molecule has 0 radical (unpaired) electrons.